The predicted molar refractivity (Wildman–Crippen MR) is 99.0 cm³/mol. The maximum atomic E-state index is 13.0. The Hall–Kier alpha value is -3.25. The van der Waals surface area contributed by atoms with Crippen molar-refractivity contribution in [3.63, 3.8) is 0 Å². The maximum absolute atomic E-state index is 13.0. The van der Waals surface area contributed by atoms with Crippen molar-refractivity contribution in [1.82, 2.24) is 0 Å². The van der Waals surface area contributed by atoms with E-state index in [-0.39, 0.29) is 17.1 Å². The van der Waals surface area contributed by atoms with E-state index in [0.29, 0.717) is 41.0 Å². The number of fused-ring (bicyclic) bond motifs is 1. The lowest BCUT2D eigenvalue weighted by Crippen LogP contribution is -2.19. The Morgan fingerprint density at radius 2 is 1.67 bits per heavy atom. The minimum atomic E-state index is -0.471. The summed E-state index contributed by atoms with van der Waals surface area (Å²) in [4.78, 5) is 25.4. The summed E-state index contributed by atoms with van der Waals surface area (Å²) in [7, 11) is 0. The first kappa shape index (κ1) is 17.2. The van der Waals surface area contributed by atoms with Gasteiger partial charge in [0.05, 0.1) is 17.5 Å². The van der Waals surface area contributed by atoms with E-state index in [4.69, 9.17) is 25.5 Å². The van der Waals surface area contributed by atoms with Crippen LogP contribution in [-0.2, 0) is 0 Å². The van der Waals surface area contributed by atoms with Gasteiger partial charge in [-0.25, -0.2) is 0 Å². The van der Waals surface area contributed by atoms with Crippen LogP contribution in [0.15, 0.2) is 59.2 Å². The highest BCUT2D eigenvalue weighted by molar-refractivity contribution is 6.30. The van der Waals surface area contributed by atoms with E-state index < -0.39 is 5.91 Å². The third-order valence-electron chi connectivity index (χ3n) is 4.03. The van der Waals surface area contributed by atoms with Crippen LogP contribution in [0.3, 0.4) is 0 Å². The molecular weight excluding hydrogens is 370 g/mol. The monoisotopic (exact) mass is 383 g/mol. The molecule has 7 heteroatoms. The number of ketones is 1. The second kappa shape index (κ2) is 7.17. The molecule has 1 amide bonds. The molecule has 6 nitrogen and oxygen atoms in total. The highest BCUT2D eigenvalue weighted by atomic mass is 35.5. The number of anilines is 1. The van der Waals surface area contributed by atoms with Crippen molar-refractivity contribution >= 4 is 29.0 Å². The first-order valence-corrected chi connectivity index (χ1v) is 8.58. The summed E-state index contributed by atoms with van der Waals surface area (Å²) in [6.07, 6.45) is 1.40. The Kier molecular flexibility index (Phi) is 4.56. The molecule has 27 heavy (non-hydrogen) atoms. The Morgan fingerprint density at radius 3 is 2.33 bits per heavy atom. The minimum Gasteiger partial charge on any atom is -0.486 e. The molecule has 0 unspecified atom stereocenters. The molecule has 3 aromatic rings. The Morgan fingerprint density at radius 1 is 0.963 bits per heavy atom. The lowest BCUT2D eigenvalue weighted by atomic mass is 10.0. The standard InChI is InChI=1S/C20H14ClNO5/c21-13-5-3-12(4-6-13)19(23)14-10-17-18(27-9-8-26-17)11-15(14)22-20(24)16-2-1-7-25-16/h1-7,10-11H,8-9H2,(H,22,24). The van der Waals surface area contributed by atoms with Crippen molar-refractivity contribution in [3.8, 4) is 11.5 Å². The average molecular weight is 384 g/mol. The zero-order valence-corrected chi connectivity index (χ0v) is 14.8. The van der Waals surface area contributed by atoms with Crippen molar-refractivity contribution in [1.29, 1.82) is 0 Å². The quantitative estimate of drug-likeness (QED) is 0.683. The summed E-state index contributed by atoms with van der Waals surface area (Å²) in [5.74, 6) is 0.299. The zero-order valence-electron chi connectivity index (χ0n) is 14.0. The van der Waals surface area contributed by atoms with E-state index in [1.54, 1.807) is 42.5 Å². The number of furan rings is 1. The third kappa shape index (κ3) is 3.52. The summed E-state index contributed by atoms with van der Waals surface area (Å²) in [6, 6.07) is 12.8. The molecule has 0 fully saturated rings. The number of carbonyl (C=O) groups excluding carboxylic acids is 2. The van der Waals surface area contributed by atoms with Gasteiger partial charge in [0.1, 0.15) is 13.2 Å². The molecule has 0 saturated heterocycles. The van der Waals surface area contributed by atoms with E-state index in [9.17, 15) is 9.59 Å². The molecule has 2 heterocycles. The van der Waals surface area contributed by atoms with Crippen molar-refractivity contribution in [2.24, 2.45) is 0 Å². The fraction of sp³-hybridized carbons (Fsp3) is 0.100. The molecule has 0 aliphatic carbocycles. The molecule has 1 aliphatic rings. The van der Waals surface area contributed by atoms with Crippen molar-refractivity contribution in [3.05, 3.63) is 76.7 Å². The van der Waals surface area contributed by atoms with Crippen LogP contribution < -0.4 is 14.8 Å². The van der Waals surface area contributed by atoms with Gasteiger partial charge < -0.3 is 19.2 Å². The molecule has 1 aromatic heterocycles. The lowest BCUT2D eigenvalue weighted by molar-refractivity contribution is 0.0996. The van der Waals surface area contributed by atoms with Crippen molar-refractivity contribution in [2.45, 2.75) is 0 Å². The Balaban J connectivity index is 1.75. The molecule has 0 bridgehead atoms. The first-order valence-electron chi connectivity index (χ1n) is 8.20. The minimum absolute atomic E-state index is 0.134. The van der Waals surface area contributed by atoms with Crippen LogP contribution in [0.25, 0.3) is 0 Å². The zero-order chi connectivity index (χ0) is 18.8. The number of ether oxygens (including phenoxy) is 2. The van der Waals surface area contributed by atoms with Crippen LogP contribution in [0.2, 0.25) is 5.02 Å². The normalized spacial score (nSPS) is 12.5. The molecule has 0 radical (unpaired) electrons. The van der Waals surface area contributed by atoms with E-state index in [1.165, 1.54) is 12.3 Å². The fourth-order valence-electron chi connectivity index (χ4n) is 2.73. The summed E-state index contributed by atoms with van der Waals surface area (Å²) in [6.45, 7) is 0.780. The van der Waals surface area contributed by atoms with Crippen molar-refractivity contribution < 1.29 is 23.5 Å². The smallest absolute Gasteiger partial charge is 0.291 e. The number of rotatable bonds is 4. The summed E-state index contributed by atoms with van der Waals surface area (Å²) >= 11 is 5.90. The van der Waals surface area contributed by atoms with Gasteiger partial charge in [0.2, 0.25) is 0 Å². The summed E-state index contributed by atoms with van der Waals surface area (Å²) < 4.78 is 16.2. The number of hydrogen-bond donors (Lipinski definition) is 1. The van der Waals surface area contributed by atoms with Gasteiger partial charge in [-0.1, -0.05) is 11.6 Å². The van der Waals surface area contributed by atoms with Crippen LogP contribution in [0.1, 0.15) is 26.5 Å². The first-order chi connectivity index (χ1) is 13.1. The van der Waals surface area contributed by atoms with Gasteiger partial charge in [0, 0.05) is 16.7 Å². The van der Waals surface area contributed by atoms with E-state index in [2.05, 4.69) is 5.32 Å². The largest absolute Gasteiger partial charge is 0.486 e. The van der Waals surface area contributed by atoms with Crippen LogP contribution in [-0.4, -0.2) is 24.9 Å². The average Bonchev–Trinajstić information content (AvgIpc) is 3.22. The van der Waals surface area contributed by atoms with Gasteiger partial charge in [0.25, 0.3) is 5.91 Å². The van der Waals surface area contributed by atoms with Gasteiger partial charge in [-0.2, -0.15) is 0 Å². The van der Waals surface area contributed by atoms with Gasteiger partial charge in [0.15, 0.2) is 23.0 Å². The molecular formula is C20H14ClNO5. The fourth-order valence-corrected chi connectivity index (χ4v) is 2.85. The van der Waals surface area contributed by atoms with Crippen molar-refractivity contribution in [2.75, 3.05) is 18.5 Å². The van der Waals surface area contributed by atoms with Crippen LogP contribution in [0.5, 0.6) is 11.5 Å². The predicted octanol–water partition coefficient (Wildman–Crippen LogP) is 4.19. The third-order valence-corrected chi connectivity index (χ3v) is 4.28. The molecule has 0 atom stereocenters. The molecule has 4 rings (SSSR count). The summed E-state index contributed by atoms with van der Waals surface area (Å²) in [5.41, 5.74) is 1.02. The number of carbonyl (C=O) groups is 2. The number of hydrogen-bond acceptors (Lipinski definition) is 5. The van der Waals surface area contributed by atoms with Gasteiger partial charge >= 0.3 is 0 Å². The molecule has 1 aliphatic heterocycles. The molecule has 1 N–H and O–H groups in total. The molecule has 2 aromatic carbocycles. The van der Waals surface area contributed by atoms with Gasteiger partial charge in [-0.05, 0) is 42.5 Å². The van der Waals surface area contributed by atoms with Crippen LogP contribution in [0.4, 0.5) is 5.69 Å². The second-order valence-electron chi connectivity index (χ2n) is 5.81. The topological polar surface area (TPSA) is 77.8 Å². The number of benzene rings is 2. The molecule has 0 spiro atoms. The maximum Gasteiger partial charge on any atom is 0.291 e. The van der Waals surface area contributed by atoms with E-state index >= 15 is 0 Å². The molecule has 0 saturated carbocycles. The lowest BCUT2D eigenvalue weighted by Gasteiger charge is -2.21. The highest BCUT2D eigenvalue weighted by Gasteiger charge is 2.23. The Labute approximate surface area is 159 Å². The number of nitrogens with one attached hydrogen (secondary N) is 1. The van der Waals surface area contributed by atoms with E-state index in [0.717, 1.165) is 0 Å². The number of amides is 1. The second-order valence-corrected chi connectivity index (χ2v) is 6.25. The SMILES string of the molecule is O=C(Nc1cc2c(cc1C(=O)c1ccc(Cl)cc1)OCCO2)c1ccco1. The van der Waals surface area contributed by atoms with Crippen LogP contribution >= 0.6 is 11.6 Å². The van der Waals surface area contributed by atoms with E-state index in [1.807, 2.05) is 0 Å². The summed E-state index contributed by atoms with van der Waals surface area (Å²) in [5, 5.41) is 3.24. The number of halogens is 1. The van der Waals surface area contributed by atoms with Crippen LogP contribution in [0, 0.1) is 0 Å². The highest BCUT2D eigenvalue weighted by Crippen LogP contribution is 2.37. The molecule has 136 valence electrons. The van der Waals surface area contributed by atoms with Gasteiger partial charge in [-0.15, -0.1) is 0 Å². The Bertz CT molecular complexity index is 996. The van der Waals surface area contributed by atoms with Gasteiger partial charge in [-0.3, -0.25) is 9.59 Å².